The number of carbonyl (C=O) groups is 3. The second-order valence-corrected chi connectivity index (χ2v) is 8.89. The molecule has 1 rings (SSSR count). The highest BCUT2D eigenvalue weighted by Gasteiger charge is 2.00. The predicted octanol–water partition coefficient (Wildman–Crippen LogP) is 10.4. The van der Waals surface area contributed by atoms with Crippen molar-refractivity contribution in [1.29, 1.82) is 0 Å². The SMILES string of the molecule is C.C.C.C.C.C.C.CC.CCS(=O)(=O)Cl.ClC=COCOC=CCl.Nc1ccc(C=O)cc1.O=C(Cl)CC(=O)Cl. The third kappa shape index (κ3) is 83.3. The van der Waals surface area contributed by atoms with Crippen LogP contribution in [0.4, 0.5) is 5.69 Å². The first kappa shape index (κ1) is 71.6. The van der Waals surface area contributed by atoms with Gasteiger partial charge in [-0.2, -0.15) is 0 Å². The molecule has 0 radical (unpaired) electrons. The van der Waals surface area contributed by atoms with Crippen molar-refractivity contribution in [2.45, 2.75) is 79.2 Å². The molecule has 0 amide bonds. The summed E-state index contributed by atoms with van der Waals surface area (Å²) in [5, 5.41) is -1.44. The molecule has 0 heterocycles. The molecule has 0 spiro atoms. The maximum Gasteiger partial charge on any atom is 0.232 e. The van der Waals surface area contributed by atoms with Gasteiger partial charge in [0.05, 0.1) is 24.7 Å². The van der Waals surface area contributed by atoms with Crippen LogP contribution in [0.5, 0.6) is 0 Å². The second kappa shape index (κ2) is 53.7. The Labute approximate surface area is 270 Å². The molecule has 1 aromatic carbocycles. The quantitative estimate of drug-likeness (QED) is 0.0539. The van der Waals surface area contributed by atoms with Crippen LogP contribution in [0, 0.1) is 0 Å². The van der Waals surface area contributed by atoms with Gasteiger partial charge in [-0.1, -0.05) is 96.0 Å². The second-order valence-electron chi connectivity index (χ2n) is 4.47. The maximum atomic E-state index is 10.1. The van der Waals surface area contributed by atoms with Gasteiger partial charge in [0.1, 0.15) is 6.29 Å². The van der Waals surface area contributed by atoms with E-state index >= 15 is 0 Å². The lowest BCUT2D eigenvalue weighted by Crippen LogP contribution is -1.92. The van der Waals surface area contributed by atoms with Crippen LogP contribution < -0.4 is 5.73 Å². The average molecular weight is 702 g/mol. The Hall–Kier alpha value is -1.49. The first-order chi connectivity index (χ1) is 15.4. The van der Waals surface area contributed by atoms with Crippen LogP contribution in [0.1, 0.15) is 89.5 Å². The van der Waals surface area contributed by atoms with Crippen molar-refractivity contribution in [1.82, 2.24) is 0 Å². The van der Waals surface area contributed by atoms with E-state index in [2.05, 4.69) is 20.2 Å². The Bertz CT molecular complexity index is 767. The van der Waals surface area contributed by atoms with Crippen molar-refractivity contribution in [2.75, 3.05) is 18.3 Å². The molecule has 8 nitrogen and oxygen atoms in total. The van der Waals surface area contributed by atoms with Crippen LogP contribution in [-0.2, 0) is 28.1 Å². The fourth-order valence-electron chi connectivity index (χ4n) is 0.874. The Morgan fingerprint density at radius 1 is 0.825 bits per heavy atom. The molecule has 246 valence electrons. The molecule has 0 atom stereocenters. The molecule has 40 heavy (non-hydrogen) atoms. The Morgan fingerprint density at radius 3 is 1.30 bits per heavy atom. The van der Waals surface area contributed by atoms with Crippen molar-refractivity contribution in [3.8, 4) is 0 Å². The summed E-state index contributed by atoms with van der Waals surface area (Å²) in [6.45, 7) is 5.61. The van der Waals surface area contributed by atoms with Gasteiger partial charge in [0.2, 0.25) is 26.3 Å². The molecule has 0 saturated carbocycles. The number of hydrogen-bond donors (Lipinski definition) is 1. The van der Waals surface area contributed by atoms with Crippen LogP contribution in [0.15, 0.2) is 47.9 Å². The zero-order valence-electron chi connectivity index (χ0n) is 18.1. The molecule has 1 aromatic rings. The van der Waals surface area contributed by atoms with Gasteiger partial charge in [0.25, 0.3) is 0 Å². The highest BCUT2D eigenvalue weighted by atomic mass is 35.7. The maximum absolute atomic E-state index is 10.1. The Kier molecular flexibility index (Phi) is 96.1. The van der Waals surface area contributed by atoms with E-state index in [0.717, 1.165) is 6.29 Å². The third-order valence-electron chi connectivity index (χ3n) is 2.13. The number of nitrogens with two attached hydrogens (primary N) is 1. The lowest BCUT2D eigenvalue weighted by molar-refractivity contribution is -0.118. The smallest absolute Gasteiger partial charge is 0.232 e. The zero-order valence-corrected chi connectivity index (χ0v) is 22.6. The number of carbonyl (C=O) groups excluding carboxylic acids is 3. The van der Waals surface area contributed by atoms with Crippen molar-refractivity contribution in [3.05, 3.63) is 53.4 Å². The molecular weight excluding hydrogens is 648 g/mol. The topological polar surface area (TPSA) is 130 Å². The highest BCUT2D eigenvalue weighted by Crippen LogP contribution is 2.01. The number of anilines is 1. The van der Waals surface area contributed by atoms with E-state index in [4.69, 9.17) is 52.1 Å². The van der Waals surface area contributed by atoms with E-state index in [1.165, 1.54) is 30.5 Å². The summed E-state index contributed by atoms with van der Waals surface area (Å²) < 4.78 is 28.8. The number of hydrogen-bond acceptors (Lipinski definition) is 8. The van der Waals surface area contributed by atoms with Gasteiger partial charge in [0, 0.05) is 33.0 Å². The molecule has 0 unspecified atom stereocenters. The number of halogens is 5. The Morgan fingerprint density at radius 2 is 1.12 bits per heavy atom. The van der Waals surface area contributed by atoms with Crippen molar-refractivity contribution in [2.24, 2.45) is 0 Å². The average Bonchev–Trinajstić information content (AvgIpc) is 2.75. The summed E-state index contributed by atoms with van der Waals surface area (Å²) in [6.07, 6.45) is 3.02. The van der Waals surface area contributed by atoms with Gasteiger partial charge < -0.3 is 15.2 Å². The summed E-state index contributed by atoms with van der Waals surface area (Å²) in [5.74, 6) is 0.00849. The monoisotopic (exact) mass is 699 g/mol. The van der Waals surface area contributed by atoms with Crippen LogP contribution >= 0.6 is 57.1 Å². The molecule has 0 aromatic heterocycles. The fraction of sp³-hybridized carbons (Fsp3) is 0.500. The van der Waals surface area contributed by atoms with Crippen LogP contribution in [0.25, 0.3) is 0 Å². The van der Waals surface area contributed by atoms with Gasteiger partial charge in [-0.05, 0) is 47.5 Å². The zero-order chi connectivity index (χ0) is 26.7. The first-order valence-corrected chi connectivity index (χ1v) is 12.9. The van der Waals surface area contributed by atoms with Gasteiger partial charge in [-0.25, -0.2) is 8.42 Å². The number of aldehydes is 1. The summed E-state index contributed by atoms with van der Waals surface area (Å²) >= 11 is 19.7. The summed E-state index contributed by atoms with van der Waals surface area (Å²) in [6, 6.07) is 6.76. The van der Waals surface area contributed by atoms with E-state index in [1.54, 1.807) is 24.3 Å². The molecular formula is C26H54Cl5NO7S. The van der Waals surface area contributed by atoms with E-state index in [0.29, 0.717) is 11.3 Å². The van der Waals surface area contributed by atoms with E-state index < -0.39 is 19.5 Å². The third-order valence-corrected chi connectivity index (χ3v) is 3.94. The van der Waals surface area contributed by atoms with Gasteiger partial charge in [0.15, 0.2) is 0 Å². The summed E-state index contributed by atoms with van der Waals surface area (Å²) in [4.78, 5) is 29.5. The number of ether oxygens (including phenoxy) is 2. The van der Waals surface area contributed by atoms with E-state index in [1.807, 2.05) is 13.8 Å². The molecule has 0 saturated heterocycles. The lowest BCUT2D eigenvalue weighted by atomic mass is 10.2. The number of benzene rings is 1. The minimum Gasteiger partial charge on any atom is -0.464 e. The van der Waals surface area contributed by atoms with Crippen LogP contribution in [-0.4, -0.2) is 37.7 Å². The van der Waals surface area contributed by atoms with Gasteiger partial charge >= 0.3 is 0 Å². The minimum atomic E-state index is -3.19. The lowest BCUT2D eigenvalue weighted by Gasteiger charge is -1.96. The molecule has 0 aliphatic carbocycles. The Balaban J connectivity index is -0.0000000291. The largest absolute Gasteiger partial charge is 0.464 e. The standard InChI is InChI=1S/C7H7NO.C5H6Cl2O2.C3H2Cl2O2.C2H5ClO2S.C2H6.7CH4/c8-7-3-1-6(5-9)2-4-7;6-1-3-8-5-9-4-2-7;4-2(6)1-3(5)7;1-2-6(3,4)5;1-2;;;;;;;/h1-5H,8H2;1-4H,5H2;1H2;2H2,1H3;1-2H3;7*1H4. The number of rotatable bonds is 8. The van der Waals surface area contributed by atoms with E-state index in [9.17, 15) is 22.8 Å². The molecule has 14 heteroatoms. The predicted molar refractivity (Wildman–Crippen MR) is 183 cm³/mol. The fourth-order valence-corrected chi connectivity index (χ4v) is 1.33. The number of nitrogen functional groups attached to an aromatic ring is 1. The molecule has 0 aliphatic rings. The molecule has 0 bridgehead atoms. The van der Waals surface area contributed by atoms with E-state index in [-0.39, 0.29) is 71.0 Å². The molecule has 2 N–H and O–H groups in total. The molecule has 0 aliphatic heterocycles. The van der Waals surface area contributed by atoms with Crippen molar-refractivity contribution >= 4 is 88.6 Å². The van der Waals surface area contributed by atoms with Gasteiger partial charge in [-0.3, -0.25) is 14.4 Å². The minimum absolute atomic E-state index is 0. The van der Waals surface area contributed by atoms with Crippen molar-refractivity contribution in [3.63, 3.8) is 0 Å². The first-order valence-electron chi connectivity index (χ1n) is 8.76. The van der Waals surface area contributed by atoms with Crippen LogP contribution in [0.3, 0.4) is 0 Å². The highest BCUT2D eigenvalue weighted by molar-refractivity contribution is 8.13. The molecule has 0 fully saturated rings. The van der Waals surface area contributed by atoms with Gasteiger partial charge in [-0.15, -0.1) is 0 Å². The van der Waals surface area contributed by atoms with Crippen LogP contribution in [0.2, 0.25) is 0 Å². The summed E-state index contributed by atoms with van der Waals surface area (Å²) in [7, 11) is 1.50. The normalized spacial score (nSPS) is 7.80. The summed E-state index contributed by atoms with van der Waals surface area (Å²) in [5.41, 5.74) is 9.19. The van der Waals surface area contributed by atoms with Crippen molar-refractivity contribution < 1.29 is 32.3 Å².